The molecule has 0 atom stereocenters. The van der Waals surface area contributed by atoms with Gasteiger partial charge in [-0.25, -0.2) is 4.98 Å². The molecule has 0 bridgehead atoms. The summed E-state index contributed by atoms with van der Waals surface area (Å²) in [6.07, 6.45) is 1.98. The highest BCUT2D eigenvalue weighted by Gasteiger charge is 2.11. The zero-order valence-corrected chi connectivity index (χ0v) is 13.5. The number of hydrogen-bond donors (Lipinski definition) is 1. The van der Waals surface area contributed by atoms with Crippen LogP contribution < -0.4 is 10.2 Å². The van der Waals surface area contributed by atoms with E-state index < -0.39 is 0 Å². The maximum Gasteiger partial charge on any atom is 0.190 e. The Balaban J connectivity index is 2.13. The summed E-state index contributed by atoms with van der Waals surface area (Å²) in [5.74, 6) is 0. The van der Waals surface area contributed by atoms with Crippen LogP contribution >= 0.6 is 11.3 Å². The molecule has 0 saturated carbocycles. The number of nitrogens with zero attached hydrogens (tertiary/aromatic N) is 2. The van der Waals surface area contributed by atoms with Crippen LogP contribution in [0.2, 0.25) is 0 Å². The van der Waals surface area contributed by atoms with Crippen LogP contribution in [-0.2, 0) is 6.54 Å². The first-order chi connectivity index (χ1) is 9.60. The lowest BCUT2D eigenvalue weighted by Crippen LogP contribution is -2.21. The van der Waals surface area contributed by atoms with Crippen molar-refractivity contribution in [3.8, 4) is 0 Å². The van der Waals surface area contributed by atoms with Crippen molar-refractivity contribution in [2.45, 2.75) is 40.3 Å². The molecule has 0 unspecified atom stereocenters. The third kappa shape index (κ3) is 3.81. The molecule has 1 N–H and O–H groups in total. The summed E-state index contributed by atoms with van der Waals surface area (Å²) in [7, 11) is 0. The predicted octanol–water partition coefficient (Wildman–Crippen LogP) is 4.11. The van der Waals surface area contributed by atoms with Gasteiger partial charge in [-0.1, -0.05) is 31.5 Å². The standard InChI is InChI=1S/C16H23N3S/c1-5-19(14-8-6-13(4)7-9-14)16-18-11-15(20-16)10-17-12(2)3/h6-9,11-12,17H,5,10H2,1-4H3. The molecule has 20 heavy (non-hydrogen) atoms. The Morgan fingerprint density at radius 2 is 1.95 bits per heavy atom. The summed E-state index contributed by atoms with van der Waals surface area (Å²) >= 11 is 1.76. The van der Waals surface area contributed by atoms with Gasteiger partial charge in [0.1, 0.15) is 0 Å². The van der Waals surface area contributed by atoms with E-state index in [2.05, 4.69) is 67.2 Å². The highest BCUT2D eigenvalue weighted by Crippen LogP contribution is 2.29. The monoisotopic (exact) mass is 289 g/mol. The number of anilines is 2. The number of rotatable bonds is 6. The summed E-state index contributed by atoms with van der Waals surface area (Å²) < 4.78 is 0. The molecule has 0 spiro atoms. The molecule has 2 aromatic rings. The molecule has 1 heterocycles. The summed E-state index contributed by atoms with van der Waals surface area (Å²) in [5.41, 5.74) is 2.49. The van der Waals surface area contributed by atoms with E-state index in [4.69, 9.17) is 0 Å². The van der Waals surface area contributed by atoms with Gasteiger partial charge in [0.25, 0.3) is 0 Å². The number of aromatic nitrogens is 1. The topological polar surface area (TPSA) is 28.2 Å². The molecule has 108 valence electrons. The lowest BCUT2D eigenvalue weighted by molar-refractivity contribution is 0.593. The van der Waals surface area contributed by atoms with Gasteiger partial charge in [0.15, 0.2) is 5.13 Å². The Bertz CT molecular complexity index is 531. The van der Waals surface area contributed by atoms with Crippen LogP contribution in [-0.4, -0.2) is 17.6 Å². The molecule has 0 amide bonds. The largest absolute Gasteiger partial charge is 0.318 e. The fourth-order valence-corrected chi connectivity index (χ4v) is 2.91. The lowest BCUT2D eigenvalue weighted by Gasteiger charge is -2.20. The Morgan fingerprint density at radius 1 is 1.25 bits per heavy atom. The fourth-order valence-electron chi connectivity index (χ4n) is 1.96. The zero-order valence-electron chi connectivity index (χ0n) is 12.7. The average molecular weight is 289 g/mol. The number of benzene rings is 1. The van der Waals surface area contributed by atoms with Crippen LogP contribution in [0.1, 0.15) is 31.2 Å². The quantitative estimate of drug-likeness (QED) is 0.867. The molecule has 0 fully saturated rings. The smallest absolute Gasteiger partial charge is 0.190 e. The van der Waals surface area contributed by atoms with Crippen molar-refractivity contribution in [1.29, 1.82) is 0 Å². The van der Waals surface area contributed by atoms with Crippen molar-refractivity contribution < 1.29 is 0 Å². The minimum Gasteiger partial charge on any atom is -0.318 e. The molecule has 0 aliphatic heterocycles. The lowest BCUT2D eigenvalue weighted by atomic mass is 10.2. The van der Waals surface area contributed by atoms with Crippen molar-refractivity contribution in [2.75, 3.05) is 11.4 Å². The van der Waals surface area contributed by atoms with E-state index >= 15 is 0 Å². The van der Waals surface area contributed by atoms with Gasteiger partial charge in [-0.3, -0.25) is 0 Å². The van der Waals surface area contributed by atoms with Gasteiger partial charge in [0, 0.05) is 35.9 Å². The van der Waals surface area contributed by atoms with Crippen LogP contribution in [0.25, 0.3) is 0 Å². The van der Waals surface area contributed by atoms with E-state index in [-0.39, 0.29) is 0 Å². The van der Waals surface area contributed by atoms with Crippen molar-refractivity contribution >= 4 is 22.2 Å². The first kappa shape index (κ1) is 15.0. The van der Waals surface area contributed by atoms with Crippen molar-refractivity contribution in [3.63, 3.8) is 0 Å². The molecule has 1 aromatic carbocycles. The third-order valence-electron chi connectivity index (χ3n) is 3.12. The Morgan fingerprint density at radius 3 is 2.55 bits per heavy atom. The highest BCUT2D eigenvalue weighted by atomic mass is 32.1. The van der Waals surface area contributed by atoms with Crippen LogP contribution in [0.4, 0.5) is 10.8 Å². The molecule has 2 rings (SSSR count). The first-order valence-corrected chi connectivity index (χ1v) is 7.94. The van der Waals surface area contributed by atoms with Crippen molar-refractivity contribution in [3.05, 3.63) is 40.9 Å². The second-order valence-electron chi connectivity index (χ2n) is 5.22. The van der Waals surface area contributed by atoms with Crippen LogP contribution in [0.15, 0.2) is 30.5 Å². The van der Waals surface area contributed by atoms with E-state index in [0.717, 1.165) is 18.2 Å². The molecular weight excluding hydrogens is 266 g/mol. The number of hydrogen-bond acceptors (Lipinski definition) is 4. The maximum absolute atomic E-state index is 4.57. The summed E-state index contributed by atoms with van der Waals surface area (Å²) in [6, 6.07) is 9.11. The van der Waals surface area contributed by atoms with Gasteiger partial charge in [0.2, 0.25) is 0 Å². The van der Waals surface area contributed by atoms with E-state index in [1.165, 1.54) is 16.1 Å². The Labute approximate surface area is 125 Å². The summed E-state index contributed by atoms with van der Waals surface area (Å²) in [5, 5.41) is 4.50. The molecular formula is C16H23N3S. The summed E-state index contributed by atoms with van der Waals surface area (Å²) in [4.78, 5) is 8.10. The van der Waals surface area contributed by atoms with Crippen LogP contribution in [0.5, 0.6) is 0 Å². The minimum absolute atomic E-state index is 0.500. The highest BCUT2D eigenvalue weighted by molar-refractivity contribution is 7.15. The first-order valence-electron chi connectivity index (χ1n) is 7.12. The maximum atomic E-state index is 4.57. The van der Waals surface area contributed by atoms with E-state index in [1.807, 2.05) is 6.20 Å². The zero-order chi connectivity index (χ0) is 14.5. The molecule has 0 radical (unpaired) electrons. The normalized spacial score (nSPS) is 11.1. The SMILES string of the molecule is CCN(c1ccc(C)cc1)c1ncc(CNC(C)C)s1. The summed E-state index contributed by atoms with van der Waals surface area (Å²) in [6.45, 7) is 10.4. The fraction of sp³-hybridized carbons (Fsp3) is 0.438. The second-order valence-corrected chi connectivity index (χ2v) is 6.32. The minimum atomic E-state index is 0.500. The van der Waals surface area contributed by atoms with Gasteiger partial charge in [-0.2, -0.15) is 0 Å². The molecule has 1 aromatic heterocycles. The van der Waals surface area contributed by atoms with Gasteiger partial charge < -0.3 is 10.2 Å². The predicted molar refractivity (Wildman–Crippen MR) is 87.9 cm³/mol. The molecule has 0 aliphatic carbocycles. The Kier molecular flexibility index (Phi) is 5.15. The second kappa shape index (κ2) is 6.86. The van der Waals surface area contributed by atoms with E-state index in [1.54, 1.807) is 11.3 Å². The van der Waals surface area contributed by atoms with Crippen molar-refractivity contribution in [2.24, 2.45) is 0 Å². The van der Waals surface area contributed by atoms with Crippen LogP contribution in [0, 0.1) is 6.92 Å². The van der Waals surface area contributed by atoms with E-state index in [9.17, 15) is 0 Å². The van der Waals surface area contributed by atoms with Gasteiger partial charge in [-0.05, 0) is 26.0 Å². The molecule has 0 aliphatic rings. The molecule has 3 nitrogen and oxygen atoms in total. The molecule has 0 saturated heterocycles. The molecule has 4 heteroatoms. The number of nitrogens with one attached hydrogen (secondary N) is 1. The van der Waals surface area contributed by atoms with E-state index in [0.29, 0.717) is 6.04 Å². The van der Waals surface area contributed by atoms with Gasteiger partial charge >= 0.3 is 0 Å². The van der Waals surface area contributed by atoms with Crippen molar-refractivity contribution in [1.82, 2.24) is 10.3 Å². The van der Waals surface area contributed by atoms with Gasteiger partial charge in [-0.15, -0.1) is 11.3 Å². The third-order valence-corrected chi connectivity index (χ3v) is 4.14. The Hall–Kier alpha value is -1.39. The van der Waals surface area contributed by atoms with Crippen LogP contribution in [0.3, 0.4) is 0 Å². The average Bonchev–Trinajstić information content (AvgIpc) is 2.88. The number of thiazole rings is 1. The van der Waals surface area contributed by atoms with Gasteiger partial charge in [0.05, 0.1) is 0 Å². The number of aryl methyl sites for hydroxylation is 1.